The van der Waals surface area contributed by atoms with Crippen LogP contribution >= 0.6 is 0 Å². The van der Waals surface area contributed by atoms with E-state index in [2.05, 4.69) is 9.97 Å². The molecule has 1 heterocycles. The molecule has 0 aliphatic rings. The van der Waals surface area contributed by atoms with E-state index in [9.17, 15) is 4.39 Å². The lowest BCUT2D eigenvalue weighted by Gasteiger charge is -1.62. The van der Waals surface area contributed by atoms with Gasteiger partial charge in [-0.15, -0.1) is 0 Å². The maximum absolute atomic E-state index is 11.5. The normalized spacial score (nSPS) is 7.38. The van der Waals surface area contributed by atoms with Gasteiger partial charge in [0.05, 0.1) is 12.5 Å². The van der Waals surface area contributed by atoms with Crippen molar-refractivity contribution >= 4 is 0 Å². The average molecular weight is 116 g/mol. The average Bonchev–Trinajstić information content (AvgIpc) is 2.24. The van der Waals surface area contributed by atoms with Gasteiger partial charge >= 0.3 is 0 Å². The van der Waals surface area contributed by atoms with Crippen LogP contribution in [0.3, 0.4) is 0 Å². The second kappa shape index (κ2) is 4.30. The molecule has 46 valence electrons. The SMILES string of the molecule is CC.Fc1cnc[nH]1. The van der Waals surface area contributed by atoms with Crippen LogP contribution in [-0.4, -0.2) is 9.97 Å². The highest BCUT2D eigenvalue weighted by Crippen LogP contribution is 1.81. The standard InChI is InChI=1S/C3H3FN2.C2H6/c4-3-1-5-2-6-3;1-2/h1-2H,(H,5,6);1-2H3. The van der Waals surface area contributed by atoms with E-state index in [1.165, 1.54) is 6.33 Å². The number of imidazole rings is 1. The molecular weight excluding hydrogens is 107 g/mol. The van der Waals surface area contributed by atoms with Crippen LogP contribution in [0.15, 0.2) is 12.5 Å². The molecule has 0 radical (unpaired) electrons. The highest BCUT2D eigenvalue weighted by atomic mass is 19.1. The Hall–Kier alpha value is -0.860. The second-order valence-corrected chi connectivity index (χ2v) is 0.900. The molecule has 0 amide bonds. The van der Waals surface area contributed by atoms with Crippen LogP contribution in [0, 0.1) is 5.95 Å². The Labute approximate surface area is 47.8 Å². The molecule has 0 unspecified atom stereocenters. The number of hydrogen-bond acceptors (Lipinski definition) is 1. The molecule has 0 aliphatic carbocycles. The summed E-state index contributed by atoms with van der Waals surface area (Å²) in [6.45, 7) is 4.00. The van der Waals surface area contributed by atoms with E-state index < -0.39 is 5.95 Å². The van der Waals surface area contributed by atoms with Gasteiger partial charge in [0.25, 0.3) is 0 Å². The summed E-state index contributed by atoms with van der Waals surface area (Å²) in [7, 11) is 0. The minimum atomic E-state index is -0.394. The van der Waals surface area contributed by atoms with Crippen molar-refractivity contribution in [3.63, 3.8) is 0 Å². The van der Waals surface area contributed by atoms with E-state index in [-0.39, 0.29) is 0 Å². The fourth-order valence-electron chi connectivity index (χ4n) is 0.239. The monoisotopic (exact) mass is 116 g/mol. The maximum Gasteiger partial charge on any atom is 0.210 e. The fraction of sp³-hybridized carbons (Fsp3) is 0.400. The van der Waals surface area contributed by atoms with E-state index in [4.69, 9.17) is 0 Å². The van der Waals surface area contributed by atoms with E-state index >= 15 is 0 Å². The van der Waals surface area contributed by atoms with Crippen molar-refractivity contribution in [3.05, 3.63) is 18.5 Å². The van der Waals surface area contributed by atoms with Gasteiger partial charge in [-0.1, -0.05) is 13.8 Å². The molecule has 1 N–H and O–H groups in total. The van der Waals surface area contributed by atoms with Crippen molar-refractivity contribution in [3.8, 4) is 0 Å². The van der Waals surface area contributed by atoms with Crippen LogP contribution in [0.5, 0.6) is 0 Å². The van der Waals surface area contributed by atoms with Crippen LogP contribution in [0.4, 0.5) is 4.39 Å². The summed E-state index contributed by atoms with van der Waals surface area (Å²) in [5, 5.41) is 0. The van der Waals surface area contributed by atoms with Crippen molar-refractivity contribution in [2.45, 2.75) is 13.8 Å². The molecule has 0 fully saturated rings. The fourth-order valence-corrected chi connectivity index (χ4v) is 0.239. The molecule has 0 bridgehead atoms. The number of aromatic amines is 1. The third kappa shape index (κ3) is 2.34. The van der Waals surface area contributed by atoms with Crippen molar-refractivity contribution in [1.82, 2.24) is 9.97 Å². The minimum Gasteiger partial charge on any atom is -0.322 e. The Bertz CT molecular complexity index is 114. The largest absolute Gasteiger partial charge is 0.322 e. The van der Waals surface area contributed by atoms with Crippen molar-refractivity contribution in [2.75, 3.05) is 0 Å². The Balaban J connectivity index is 0.000000222. The molecule has 1 aromatic heterocycles. The van der Waals surface area contributed by atoms with Crippen LogP contribution in [-0.2, 0) is 0 Å². The number of rotatable bonds is 0. The van der Waals surface area contributed by atoms with E-state index in [0.29, 0.717) is 0 Å². The molecule has 0 aliphatic heterocycles. The highest BCUT2D eigenvalue weighted by molar-refractivity contribution is 4.71. The summed E-state index contributed by atoms with van der Waals surface area (Å²) >= 11 is 0. The third-order valence-electron chi connectivity index (χ3n) is 0.465. The highest BCUT2D eigenvalue weighted by Gasteiger charge is 1.79. The zero-order chi connectivity index (χ0) is 6.41. The Morgan fingerprint density at radius 3 is 2.38 bits per heavy atom. The number of nitrogens with one attached hydrogen (secondary N) is 1. The summed E-state index contributed by atoms with van der Waals surface area (Å²) in [4.78, 5) is 5.61. The maximum atomic E-state index is 11.5. The molecule has 3 heteroatoms. The lowest BCUT2D eigenvalue weighted by atomic mass is 10.9. The molecule has 1 rings (SSSR count). The second-order valence-electron chi connectivity index (χ2n) is 0.900. The van der Waals surface area contributed by atoms with Gasteiger partial charge in [-0.2, -0.15) is 4.39 Å². The zero-order valence-electron chi connectivity index (χ0n) is 4.98. The summed E-state index contributed by atoms with van der Waals surface area (Å²) in [6, 6.07) is 0. The zero-order valence-corrected chi connectivity index (χ0v) is 4.98. The summed E-state index contributed by atoms with van der Waals surface area (Å²) in [6.07, 6.45) is 2.40. The first-order valence-electron chi connectivity index (χ1n) is 2.53. The van der Waals surface area contributed by atoms with Gasteiger partial charge in [-0.3, -0.25) is 0 Å². The van der Waals surface area contributed by atoms with Gasteiger partial charge in [0.2, 0.25) is 5.95 Å². The van der Waals surface area contributed by atoms with Crippen molar-refractivity contribution < 1.29 is 4.39 Å². The molecule has 8 heavy (non-hydrogen) atoms. The first kappa shape index (κ1) is 7.14. The lowest BCUT2D eigenvalue weighted by molar-refractivity contribution is 0.591. The molecule has 0 atom stereocenters. The molecule has 0 aromatic carbocycles. The quantitative estimate of drug-likeness (QED) is 0.547. The van der Waals surface area contributed by atoms with Crippen LogP contribution in [0.25, 0.3) is 0 Å². The lowest BCUT2D eigenvalue weighted by Crippen LogP contribution is -1.61. The number of nitrogens with zero attached hydrogens (tertiary/aromatic N) is 1. The van der Waals surface area contributed by atoms with E-state index in [1.54, 1.807) is 0 Å². The summed E-state index contributed by atoms with van der Waals surface area (Å²) in [5.41, 5.74) is 0. The van der Waals surface area contributed by atoms with Gasteiger partial charge in [-0.05, 0) is 0 Å². The predicted molar refractivity (Wildman–Crippen MR) is 29.9 cm³/mol. The molecule has 0 spiro atoms. The van der Waals surface area contributed by atoms with Crippen LogP contribution < -0.4 is 0 Å². The van der Waals surface area contributed by atoms with Crippen LogP contribution in [0.2, 0.25) is 0 Å². The van der Waals surface area contributed by atoms with Crippen molar-refractivity contribution in [2.24, 2.45) is 0 Å². The predicted octanol–water partition coefficient (Wildman–Crippen LogP) is 1.57. The van der Waals surface area contributed by atoms with Gasteiger partial charge in [0, 0.05) is 0 Å². The smallest absolute Gasteiger partial charge is 0.210 e. The summed E-state index contributed by atoms with van der Waals surface area (Å²) in [5.74, 6) is -0.394. The Morgan fingerprint density at radius 2 is 2.25 bits per heavy atom. The van der Waals surface area contributed by atoms with Gasteiger partial charge in [0.15, 0.2) is 0 Å². The molecule has 2 nitrogen and oxygen atoms in total. The van der Waals surface area contributed by atoms with E-state index in [0.717, 1.165) is 6.20 Å². The minimum absolute atomic E-state index is 0.394. The topological polar surface area (TPSA) is 28.7 Å². The van der Waals surface area contributed by atoms with Gasteiger partial charge in [0.1, 0.15) is 0 Å². The number of H-pyrrole nitrogens is 1. The number of halogens is 1. The van der Waals surface area contributed by atoms with Crippen LogP contribution in [0.1, 0.15) is 13.8 Å². The Morgan fingerprint density at radius 1 is 1.62 bits per heavy atom. The van der Waals surface area contributed by atoms with Gasteiger partial charge in [-0.25, -0.2) is 4.98 Å². The first-order chi connectivity index (χ1) is 3.89. The molecule has 0 saturated carbocycles. The molecule has 1 aromatic rings. The Kier molecular flexibility index (Phi) is 3.84. The molecular formula is C5H9FN2. The summed E-state index contributed by atoms with van der Waals surface area (Å²) < 4.78 is 11.5. The van der Waals surface area contributed by atoms with Crippen molar-refractivity contribution in [1.29, 1.82) is 0 Å². The number of hydrogen-bond donors (Lipinski definition) is 1. The number of aromatic nitrogens is 2. The van der Waals surface area contributed by atoms with Gasteiger partial charge < -0.3 is 4.98 Å². The third-order valence-corrected chi connectivity index (χ3v) is 0.465. The van der Waals surface area contributed by atoms with E-state index in [1.807, 2.05) is 13.8 Å². The first-order valence-corrected chi connectivity index (χ1v) is 2.53. The molecule has 0 saturated heterocycles.